The summed E-state index contributed by atoms with van der Waals surface area (Å²) in [5.74, 6) is 0. The predicted molar refractivity (Wildman–Crippen MR) is 86.9 cm³/mol. The van der Waals surface area contributed by atoms with Gasteiger partial charge in [-0.3, -0.25) is 0 Å². The van der Waals surface area contributed by atoms with Gasteiger partial charge < -0.3 is 0 Å². The lowest BCUT2D eigenvalue weighted by molar-refractivity contribution is 1.23. The first-order valence-corrected chi connectivity index (χ1v) is 6.76. The minimum atomic E-state index is 1.11. The quantitative estimate of drug-likeness (QED) is 0.643. The van der Waals surface area contributed by atoms with Gasteiger partial charge in [0, 0.05) is 0 Å². The van der Waals surface area contributed by atoms with Crippen LogP contribution in [0.3, 0.4) is 0 Å². The molecule has 0 bridgehead atoms. The van der Waals surface area contributed by atoms with Gasteiger partial charge in [-0.25, -0.2) is 0 Å². The standard InChI is InChI=1S/C10H12.C9H10/c1-2-3-7-10-8-5-4-6-9-10;1-2-6-9-7-4-3-5-8-9/h3-9H,2H2,1H3;2-8H,1H3. The van der Waals surface area contributed by atoms with Gasteiger partial charge in [-0.15, -0.1) is 0 Å². The van der Waals surface area contributed by atoms with Crippen LogP contribution < -0.4 is 0 Å². The van der Waals surface area contributed by atoms with Gasteiger partial charge in [0.2, 0.25) is 0 Å². The van der Waals surface area contributed by atoms with Crippen molar-refractivity contribution in [3.05, 3.63) is 83.9 Å². The first-order chi connectivity index (χ1) is 9.36. The Morgan fingerprint density at radius 2 is 1.21 bits per heavy atom. The van der Waals surface area contributed by atoms with Crippen LogP contribution >= 0.6 is 0 Å². The van der Waals surface area contributed by atoms with Crippen LogP contribution in [0.1, 0.15) is 31.4 Å². The van der Waals surface area contributed by atoms with E-state index in [1.807, 2.05) is 37.3 Å². The predicted octanol–water partition coefficient (Wildman–Crippen LogP) is 5.83. The average molecular weight is 250 g/mol. The van der Waals surface area contributed by atoms with Crippen molar-refractivity contribution in [2.24, 2.45) is 0 Å². The van der Waals surface area contributed by atoms with E-state index in [1.54, 1.807) is 0 Å². The number of benzene rings is 2. The lowest BCUT2D eigenvalue weighted by Gasteiger charge is -1.88. The van der Waals surface area contributed by atoms with Crippen LogP contribution in [-0.4, -0.2) is 0 Å². The molecule has 0 aliphatic heterocycles. The Morgan fingerprint density at radius 1 is 0.737 bits per heavy atom. The Hall–Kier alpha value is -2.08. The van der Waals surface area contributed by atoms with Crippen molar-refractivity contribution in [3.8, 4) is 0 Å². The molecule has 0 radical (unpaired) electrons. The van der Waals surface area contributed by atoms with Gasteiger partial charge >= 0.3 is 0 Å². The average Bonchev–Trinajstić information content (AvgIpc) is 2.48. The van der Waals surface area contributed by atoms with E-state index in [0.29, 0.717) is 0 Å². The molecular weight excluding hydrogens is 228 g/mol. The van der Waals surface area contributed by atoms with Crippen molar-refractivity contribution >= 4 is 12.2 Å². The van der Waals surface area contributed by atoms with Gasteiger partial charge in [-0.1, -0.05) is 91.9 Å². The smallest absolute Gasteiger partial charge is 0.0260 e. The van der Waals surface area contributed by atoms with Crippen LogP contribution in [0.5, 0.6) is 0 Å². The molecule has 0 aliphatic carbocycles. The lowest BCUT2D eigenvalue weighted by atomic mass is 10.2. The Kier molecular flexibility index (Phi) is 7.80. The first-order valence-electron chi connectivity index (χ1n) is 6.76. The van der Waals surface area contributed by atoms with Gasteiger partial charge in [0.15, 0.2) is 0 Å². The van der Waals surface area contributed by atoms with Crippen LogP contribution in [0, 0.1) is 0 Å². The molecule has 0 amide bonds. The Bertz CT molecular complexity index is 478. The molecule has 98 valence electrons. The molecule has 2 aromatic carbocycles. The molecule has 0 spiro atoms. The molecule has 0 nitrogen and oxygen atoms in total. The molecule has 0 unspecified atom stereocenters. The van der Waals surface area contributed by atoms with Crippen LogP contribution in [0.25, 0.3) is 12.2 Å². The van der Waals surface area contributed by atoms with Crippen molar-refractivity contribution in [3.63, 3.8) is 0 Å². The summed E-state index contributed by atoms with van der Waals surface area (Å²) in [6.07, 6.45) is 9.53. The fourth-order valence-corrected chi connectivity index (χ4v) is 1.57. The van der Waals surface area contributed by atoms with E-state index in [0.717, 1.165) is 6.42 Å². The molecule has 2 aromatic rings. The van der Waals surface area contributed by atoms with Gasteiger partial charge in [-0.2, -0.15) is 0 Å². The summed E-state index contributed by atoms with van der Waals surface area (Å²) in [5.41, 5.74) is 2.55. The molecule has 0 heterocycles. The maximum atomic E-state index is 2.16. The highest BCUT2D eigenvalue weighted by molar-refractivity contribution is 5.48. The molecule has 0 saturated heterocycles. The molecule has 0 saturated carbocycles. The van der Waals surface area contributed by atoms with E-state index in [2.05, 4.69) is 61.5 Å². The summed E-state index contributed by atoms with van der Waals surface area (Å²) < 4.78 is 0. The maximum absolute atomic E-state index is 2.16. The maximum Gasteiger partial charge on any atom is -0.0260 e. The fourth-order valence-electron chi connectivity index (χ4n) is 1.57. The molecule has 0 aliphatic rings. The summed E-state index contributed by atoms with van der Waals surface area (Å²) in [6.45, 7) is 4.16. The zero-order valence-corrected chi connectivity index (χ0v) is 11.8. The number of hydrogen-bond donors (Lipinski definition) is 0. The number of hydrogen-bond acceptors (Lipinski definition) is 0. The van der Waals surface area contributed by atoms with Crippen LogP contribution in [0.2, 0.25) is 0 Å². The topological polar surface area (TPSA) is 0 Å². The Labute approximate surface area is 117 Å². The zero-order chi connectivity index (χ0) is 13.8. The van der Waals surface area contributed by atoms with Crippen molar-refractivity contribution in [1.82, 2.24) is 0 Å². The van der Waals surface area contributed by atoms with Gasteiger partial charge in [0.05, 0.1) is 0 Å². The molecule has 0 aromatic heterocycles. The van der Waals surface area contributed by atoms with E-state index in [9.17, 15) is 0 Å². The molecule has 19 heavy (non-hydrogen) atoms. The van der Waals surface area contributed by atoms with Crippen molar-refractivity contribution in [1.29, 1.82) is 0 Å². The molecule has 0 atom stereocenters. The molecule has 0 N–H and O–H groups in total. The second-order valence-electron chi connectivity index (χ2n) is 4.13. The van der Waals surface area contributed by atoms with E-state index >= 15 is 0 Å². The van der Waals surface area contributed by atoms with E-state index in [1.165, 1.54) is 11.1 Å². The SMILES string of the molecule is CC=Cc1ccccc1.CCC=Cc1ccccc1. The zero-order valence-electron chi connectivity index (χ0n) is 11.8. The van der Waals surface area contributed by atoms with E-state index in [4.69, 9.17) is 0 Å². The molecular formula is C19H22. The lowest BCUT2D eigenvalue weighted by Crippen LogP contribution is -1.66. The third kappa shape index (κ3) is 7.05. The summed E-state index contributed by atoms with van der Waals surface area (Å²) in [5, 5.41) is 0. The third-order valence-electron chi connectivity index (χ3n) is 2.50. The number of allylic oxidation sites excluding steroid dienone is 2. The second kappa shape index (κ2) is 9.90. The summed E-state index contributed by atoms with van der Waals surface area (Å²) in [4.78, 5) is 0. The first kappa shape index (κ1) is 15.0. The van der Waals surface area contributed by atoms with Gasteiger partial charge in [-0.05, 0) is 24.5 Å². The molecule has 2 rings (SSSR count). The van der Waals surface area contributed by atoms with Crippen molar-refractivity contribution in [2.75, 3.05) is 0 Å². The largest absolute Gasteiger partial charge is 0.0871 e. The number of rotatable bonds is 3. The minimum absolute atomic E-state index is 1.11. The van der Waals surface area contributed by atoms with Crippen LogP contribution in [0.4, 0.5) is 0 Å². The second-order valence-corrected chi connectivity index (χ2v) is 4.13. The fraction of sp³-hybridized carbons (Fsp3) is 0.158. The van der Waals surface area contributed by atoms with Crippen LogP contribution in [-0.2, 0) is 0 Å². The van der Waals surface area contributed by atoms with Crippen molar-refractivity contribution < 1.29 is 0 Å². The summed E-state index contributed by atoms with van der Waals surface area (Å²) in [6, 6.07) is 20.6. The highest BCUT2D eigenvalue weighted by Gasteiger charge is 1.79. The summed E-state index contributed by atoms with van der Waals surface area (Å²) in [7, 11) is 0. The summed E-state index contributed by atoms with van der Waals surface area (Å²) >= 11 is 0. The monoisotopic (exact) mass is 250 g/mol. The van der Waals surface area contributed by atoms with Crippen molar-refractivity contribution in [2.45, 2.75) is 20.3 Å². The molecule has 0 fully saturated rings. The van der Waals surface area contributed by atoms with E-state index < -0.39 is 0 Å². The van der Waals surface area contributed by atoms with Gasteiger partial charge in [0.25, 0.3) is 0 Å². The highest BCUT2D eigenvalue weighted by Crippen LogP contribution is 2.01. The Balaban J connectivity index is 0.000000191. The normalized spacial score (nSPS) is 10.4. The molecule has 0 heteroatoms. The Morgan fingerprint density at radius 3 is 1.63 bits per heavy atom. The highest BCUT2D eigenvalue weighted by atomic mass is 13.8. The minimum Gasteiger partial charge on any atom is -0.0871 e. The van der Waals surface area contributed by atoms with E-state index in [-0.39, 0.29) is 0 Å². The van der Waals surface area contributed by atoms with Crippen LogP contribution in [0.15, 0.2) is 72.8 Å². The van der Waals surface area contributed by atoms with Gasteiger partial charge in [0.1, 0.15) is 0 Å². The third-order valence-corrected chi connectivity index (χ3v) is 2.50.